The van der Waals surface area contributed by atoms with Gasteiger partial charge in [0.15, 0.2) is 0 Å². The zero-order valence-corrected chi connectivity index (χ0v) is 16.4. The van der Waals surface area contributed by atoms with Crippen LogP contribution in [-0.2, 0) is 4.79 Å². The highest BCUT2D eigenvalue weighted by Gasteiger charge is 2.23. The van der Waals surface area contributed by atoms with Crippen molar-refractivity contribution in [2.24, 2.45) is 0 Å². The second-order valence-electron chi connectivity index (χ2n) is 6.94. The summed E-state index contributed by atoms with van der Waals surface area (Å²) < 4.78 is 0. The van der Waals surface area contributed by atoms with Crippen LogP contribution < -0.4 is 5.32 Å². The minimum atomic E-state index is -0.0267. The fraction of sp³-hybridized carbons (Fsp3) is 0.333. The first-order valence-electron chi connectivity index (χ1n) is 9.06. The standard InChI is InChI=1S/C21H24ClN3O2/c1-15-3-4-16(2)19(13-15)23-20(26)14-24-9-11-25(12-10-24)21(27)17-5-7-18(22)8-6-17/h3-8,13H,9-12,14H2,1-2H3,(H,23,26). The molecule has 0 aromatic heterocycles. The van der Waals surface area contributed by atoms with Gasteiger partial charge in [-0.2, -0.15) is 0 Å². The monoisotopic (exact) mass is 385 g/mol. The van der Waals surface area contributed by atoms with Crippen molar-refractivity contribution in [1.29, 1.82) is 0 Å². The molecular weight excluding hydrogens is 362 g/mol. The third kappa shape index (κ3) is 5.08. The third-order valence-corrected chi connectivity index (χ3v) is 5.04. The van der Waals surface area contributed by atoms with E-state index in [9.17, 15) is 9.59 Å². The zero-order chi connectivity index (χ0) is 19.4. The molecule has 1 aliphatic rings. The van der Waals surface area contributed by atoms with E-state index in [0.29, 0.717) is 43.3 Å². The van der Waals surface area contributed by atoms with Crippen LogP contribution in [0, 0.1) is 13.8 Å². The maximum absolute atomic E-state index is 12.5. The largest absolute Gasteiger partial charge is 0.336 e. The number of carbonyl (C=O) groups excluding carboxylic acids is 2. The molecule has 1 fully saturated rings. The van der Waals surface area contributed by atoms with Crippen LogP contribution >= 0.6 is 11.6 Å². The number of hydrogen-bond donors (Lipinski definition) is 1. The van der Waals surface area contributed by atoms with Gasteiger partial charge in [-0.1, -0.05) is 23.7 Å². The number of anilines is 1. The first-order valence-corrected chi connectivity index (χ1v) is 9.44. The van der Waals surface area contributed by atoms with Crippen LogP contribution in [0.15, 0.2) is 42.5 Å². The minimum Gasteiger partial charge on any atom is -0.336 e. The molecule has 1 N–H and O–H groups in total. The molecule has 1 heterocycles. The molecule has 0 aliphatic carbocycles. The molecule has 1 aliphatic heterocycles. The van der Waals surface area contributed by atoms with Crippen molar-refractivity contribution in [2.75, 3.05) is 38.0 Å². The Bertz CT molecular complexity index is 828. The number of nitrogens with one attached hydrogen (secondary N) is 1. The summed E-state index contributed by atoms with van der Waals surface area (Å²) in [6, 6.07) is 13.0. The molecular formula is C21H24ClN3O2. The maximum atomic E-state index is 12.5. The van der Waals surface area contributed by atoms with E-state index in [-0.39, 0.29) is 11.8 Å². The molecule has 2 aromatic rings. The Balaban J connectivity index is 1.50. The lowest BCUT2D eigenvalue weighted by molar-refractivity contribution is -0.117. The molecule has 0 bridgehead atoms. The van der Waals surface area contributed by atoms with Crippen LogP contribution in [0.2, 0.25) is 5.02 Å². The Hall–Kier alpha value is -2.37. The summed E-state index contributed by atoms with van der Waals surface area (Å²) >= 11 is 5.88. The molecule has 0 radical (unpaired) electrons. The number of amides is 2. The molecule has 6 heteroatoms. The smallest absolute Gasteiger partial charge is 0.253 e. The number of hydrogen-bond acceptors (Lipinski definition) is 3. The summed E-state index contributed by atoms with van der Waals surface area (Å²) in [4.78, 5) is 28.8. The lowest BCUT2D eigenvalue weighted by Gasteiger charge is -2.34. The summed E-state index contributed by atoms with van der Waals surface area (Å²) in [6.07, 6.45) is 0. The molecule has 5 nitrogen and oxygen atoms in total. The van der Waals surface area contributed by atoms with Crippen molar-refractivity contribution in [3.63, 3.8) is 0 Å². The second-order valence-corrected chi connectivity index (χ2v) is 7.38. The summed E-state index contributed by atoms with van der Waals surface area (Å²) in [5, 5.41) is 3.61. The van der Waals surface area contributed by atoms with E-state index in [0.717, 1.165) is 16.8 Å². The number of aryl methyl sites for hydroxylation is 2. The zero-order valence-electron chi connectivity index (χ0n) is 15.7. The van der Waals surface area contributed by atoms with Gasteiger partial charge in [0, 0.05) is 42.5 Å². The van der Waals surface area contributed by atoms with Crippen molar-refractivity contribution in [3.05, 3.63) is 64.2 Å². The number of halogens is 1. The maximum Gasteiger partial charge on any atom is 0.253 e. The summed E-state index contributed by atoms with van der Waals surface area (Å²) in [7, 11) is 0. The van der Waals surface area contributed by atoms with Crippen LogP contribution in [0.4, 0.5) is 5.69 Å². The fourth-order valence-electron chi connectivity index (χ4n) is 3.15. The van der Waals surface area contributed by atoms with Crippen molar-refractivity contribution in [3.8, 4) is 0 Å². The highest BCUT2D eigenvalue weighted by Crippen LogP contribution is 2.17. The van der Waals surface area contributed by atoms with Crippen molar-refractivity contribution >= 4 is 29.1 Å². The van der Waals surface area contributed by atoms with E-state index in [1.807, 2.05) is 36.9 Å². The van der Waals surface area contributed by atoms with E-state index >= 15 is 0 Å². The second kappa shape index (κ2) is 8.55. The van der Waals surface area contributed by atoms with Gasteiger partial charge in [-0.05, 0) is 55.3 Å². The van der Waals surface area contributed by atoms with Gasteiger partial charge in [0.25, 0.3) is 5.91 Å². The Kier molecular flexibility index (Phi) is 6.14. The molecule has 2 amide bonds. The quantitative estimate of drug-likeness (QED) is 0.878. The van der Waals surface area contributed by atoms with E-state index in [4.69, 9.17) is 11.6 Å². The normalized spacial score (nSPS) is 14.9. The molecule has 0 atom stereocenters. The predicted octanol–water partition coefficient (Wildman–Crippen LogP) is 3.35. The molecule has 0 spiro atoms. The van der Waals surface area contributed by atoms with Crippen LogP contribution in [0.3, 0.4) is 0 Å². The molecule has 142 valence electrons. The Morgan fingerprint density at radius 2 is 1.67 bits per heavy atom. The predicted molar refractivity (Wildman–Crippen MR) is 108 cm³/mol. The van der Waals surface area contributed by atoms with Crippen LogP contribution in [-0.4, -0.2) is 54.3 Å². The molecule has 0 unspecified atom stereocenters. The van der Waals surface area contributed by atoms with Crippen molar-refractivity contribution < 1.29 is 9.59 Å². The fourth-order valence-corrected chi connectivity index (χ4v) is 3.27. The summed E-state index contributed by atoms with van der Waals surface area (Å²) in [6.45, 7) is 6.90. The van der Waals surface area contributed by atoms with Gasteiger partial charge < -0.3 is 10.2 Å². The number of carbonyl (C=O) groups is 2. The van der Waals surface area contributed by atoms with Gasteiger partial charge in [0.1, 0.15) is 0 Å². The van der Waals surface area contributed by atoms with Gasteiger partial charge in [-0.25, -0.2) is 0 Å². The van der Waals surface area contributed by atoms with Crippen LogP contribution in [0.25, 0.3) is 0 Å². The first-order chi connectivity index (χ1) is 12.9. The highest BCUT2D eigenvalue weighted by atomic mass is 35.5. The van der Waals surface area contributed by atoms with Gasteiger partial charge >= 0.3 is 0 Å². The van der Waals surface area contributed by atoms with E-state index in [1.165, 1.54) is 0 Å². The highest BCUT2D eigenvalue weighted by molar-refractivity contribution is 6.30. The van der Waals surface area contributed by atoms with E-state index < -0.39 is 0 Å². The van der Waals surface area contributed by atoms with E-state index in [1.54, 1.807) is 24.3 Å². The Morgan fingerprint density at radius 1 is 1.00 bits per heavy atom. The average Bonchev–Trinajstić information content (AvgIpc) is 2.65. The number of nitrogens with zero attached hydrogens (tertiary/aromatic N) is 2. The van der Waals surface area contributed by atoms with Crippen LogP contribution in [0.1, 0.15) is 21.5 Å². The lowest BCUT2D eigenvalue weighted by Crippen LogP contribution is -2.50. The SMILES string of the molecule is Cc1ccc(C)c(NC(=O)CN2CCN(C(=O)c3ccc(Cl)cc3)CC2)c1. The minimum absolute atomic E-state index is 0.00570. The van der Waals surface area contributed by atoms with Crippen molar-refractivity contribution in [1.82, 2.24) is 9.80 Å². The average molecular weight is 386 g/mol. The van der Waals surface area contributed by atoms with Gasteiger partial charge in [-0.15, -0.1) is 0 Å². The molecule has 2 aromatic carbocycles. The summed E-state index contributed by atoms with van der Waals surface area (Å²) in [5.41, 5.74) is 3.66. The topological polar surface area (TPSA) is 52.7 Å². The first kappa shape index (κ1) is 19.4. The number of rotatable bonds is 4. The van der Waals surface area contributed by atoms with E-state index in [2.05, 4.69) is 10.2 Å². The lowest BCUT2D eigenvalue weighted by atomic mass is 10.1. The molecule has 1 saturated heterocycles. The van der Waals surface area contributed by atoms with Gasteiger partial charge in [0.2, 0.25) is 5.91 Å². The Morgan fingerprint density at radius 3 is 2.33 bits per heavy atom. The molecule has 3 rings (SSSR count). The Labute approximate surface area is 164 Å². The molecule has 27 heavy (non-hydrogen) atoms. The third-order valence-electron chi connectivity index (χ3n) is 4.79. The number of piperazine rings is 1. The van der Waals surface area contributed by atoms with Gasteiger partial charge in [0.05, 0.1) is 6.54 Å². The molecule has 0 saturated carbocycles. The van der Waals surface area contributed by atoms with Crippen LogP contribution in [0.5, 0.6) is 0 Å². The van der Waals surface area contributed by atoms with Crippen molar-refractivity contribution in [2.45, 2.75) is 13.8 Å². The van der Waals surface area contributed by atoms with Gasteiger partial charge in [-0.3, -0.25) is 14.5 Å². The summed E-state index contributed by atoms with van der Waals surface area (Å²) in [5.74, 6) is -0.0210. The number of benzene rings is 2.